The number of epoxide rings is 1. The maximum Gasteiger partial charge on any atom is 0.117 e. The Morgan fingerprint density at radius 2 is 2.15 bits per heavy atom. The summed E-state index contributed by atoms with van der Waals surface area (Å²) in [5.74, 6) is 0. The summed E-state index contributed by atoms with van der Waals surface area (Å²) >= 11 is 0. The van der Waals surface area contributed by atoms with Gasteiger partial charge in [-0.1, -0.05) is 30.3 Å². The Kier molecular flexibility index (Phi) is 2.02. The van der Waals surface area contributed by atoms with Gasteiger partial charge >= 0.3 is 0 Å². The first kappa shape index (κ1) is 7.54. The van der Waals surface area contributed by atoms with E-state index in [0.717, 1.165) is 12.0 Å². The molecule has 0 aromatic heterocycles. The van der Waals surface area contributed by atoms with Crippen molar-refractivity contribution in [2.24, 2.45) is 0 Å². The van der Waals surface area contributed by atoms with Gasteiger partial charge in [-0.3, -0.25) is 0 Å². The molecule has 0 spiro atoms. The minimum absolute atomic E-state index is 0.157. The van der Waals surface area contributed by atoms with E-state index in [9.17, 15) is 0 Å². The normalized spacial score (nSPS) is 32.7. The van der Waals surface area contributed by atoms with Crippen LogP contribution in [0, 0.1) is 0 Å². The first-order chi connectivity index (χ1) is 6.79. The van der Waals surface area contributed by atoms with Crippen LogP contribution in [0.4, 0.5) is 0 Å². The lowest BCUT2D eigenvalue weighted by Crippen LogP contribution is -2.09. The van der Waals surface area contributed by atoms with Gasteiger partial charge in [0, 0.05) is 6.61 Å². The first-order valence-electron chi connectivity index (χ1n) is 5.14. The molecule has 1 aromatic carbocycles. The Morgan fingerprint density at radius 1 is 1.46 bits per heavy atom. The van der Waals surface area contributed by atoms with E-state index in [1.807, 2.05) is 30.3 Å². The molecule has 0 bridgehead atoms. The number of benzene rings is 1. The monoisotopic (exact) mass is 179 g/mol. The van der Waals surface area contributed by atoms with Gasteiger partial charge in [-0.25, -0.2) is 0 Å². The van der Waals surface area contributed by atoms with E-state index < -0.39 is 12.2 Å². The summed E-state index contributed by atoms with van der Waals surface area (Å²) in [5, 5.41) is 8.77. The number of aliphatic hydroxyl groups is 1. The average molecular weight is 179 g/mol. The molecule has 0 unspecified atom stereocenters. The van der Waals surface area contributed by atoms with Crippen LogP contribution in [0.2, 0.25) is 0 Å². The summed E-state index contributed by atoms with van der Waals surface area (Å²) in [4.78, 5) is 0. The zero-order chi connectivity index (χ0) is 10.0. The predicted molar refractivity (Wildman–Crippen MR) is 50.4 cm³/mol. The molecule has 2 nitrogen and oxygen atoms in total. The molecule has 70 valence electrons. The summed E-state index contributed by atoms with van der Waals surface area (Å²) < 4.78 is 13.0. The molecule has 1 aliphatic heterocycles. The molecule has 0 aliphatic carbocycles. The highest BCUT2D eigenvalue weighted by molar-refractivity contribution is 5.26. The van der Waals surface area contributed by atoms with Gasteiger partial charge in [-0.2, -0.15) is 0 Å². The average Bonchev–Trinajstić information content (AvgIpc) is 2.89. The summed E-state index contributed by atoms with van der Waals surface area (Å²) in [7, 11) is 0. The fraction of sp³-hybridized carbons (Fsp3) is 0.455. The highest BCUT2D eigenvalue weighted by Crippen LogP contribution is 2.42. The zero-order valence-electron chi connectivity index (χ0n) is 8.44. The van der Waals surface area contributed by atoms with Gasteiger partial charge < -0.3 is 9.84 Å². The molecule has 1 aromatic rings. The van der Waals surface area contributed by atoms with Crippen molar-refractivity contribution in [2.45, 2.75) is 18.4 Å². The van der Waals surface area contributed by atoms with Crippen LogP contribution in [0.25, 0.3) is 0 Å². The molecule has 1 fully saturated rings. The van der Waals surface area contributed by atoms with E-state index in [0.29, 0.717) is 6.42 Å². The molecule has 1 aliphatic rings. The van der Waals surface area contributed by atoms with Gasteiger partial charge in [0.15, 0.2) is 0 Å². The second kappa shape index (κ2) is 3.48. The summed E-state index contributed by atoms with van der Waals surface area (Å²) in [6, 6.07) is 9.80. The van der Waals surface area contributed by atoms with Gasteiger partial charge in [0.05, 0.1) is 7.95 Å². The molecule has 1 heterocycles. The maximum absolute atomic E-state index is 8.77. The van der Waals surface area contributed by atoms with Crippen LogP contribution >= 0.6 is 0 Å². The Hall–Kier alpha value is -0.860. The van der Waals surface area contributed by atoms with Crippen LogP contribution in [-0.2, 0) is 10.3 Å². The number of rotatable bonds is 4. The summed E-state index contributed by atoms with van der Waals surface area (Å²) in [5.41, 5.74) is 0.609. The third-order valence-corrected chi connectivity index (χ3v) is 2.37. The Balaban J connectivity index is 2.14. The fourth-order valence-electron chi connectivity index (χ4n) is 1.53. The second-order valence-electron chi connectivity index (χ2n) is 3.32. The van der Waals surface area contributed by atoms with Gasteiger partial charge in [0.1, 0.15) is 5.60 Å². The van der Waals surface area contributed by atoms with Crippen LogP contribution in [-0.4, -0.2) is 18.3 Å². The van der Waals surface area contributed by atoms with Gasteiger partial charge in [0.2, 0.25) is 0 Å². The lowest BCUT2D eigenvalue weighted by molar-refractivity contribution is 0.239. The first-order valence-corrected chi connectivity index (χ1v) is 4.56. The minimum Gasteiger partial charge on any atom is -0.396 e. The molecule has 0 saturated carbocycles. The Bertz CT molecular complexity index is 301. The maximum atomic E-state index is 8.77. The molecule has 1 N–H and O–H groups in total. The van der Waals surface area contributed by atoms with Crippen molar-refractivity contribution in [3.8, 4) is 0 Å². The van der Waals surface area contributed by atoms with Crippen molar-refractivity contribution in [1.29, 1.82) is 0 Å². The van der Waals surface area contributed by atoms with Crippen molar-refractivity contribution in [3.63, 3.8) is 0 Å². The van der Waals surface area contributed by atoms with Crippen molar-refractivity contribution >= 4 is 0 Å². The summed E-state index contributed by atoms with van der Waals surface area (Å²) in [6.45, 7) is -0.304. The van der Waals surface area contributed by atoms with Crippen molar-refractivity contribution in [2.75, 3.05) is 13.2 Å². The van der Waals surface area contributed by atoms with E-state index in [1.54, 1.807) is 0 Å². The van der Waals surface area contributed by atoms with Crippen LogP contribution in [0.1, 0.15) is 19.8 Å². The van der Waals surface area contributed by atoms with Gasteiger partial charge in [-0.15, -0.1) is 0 Å². The van der Waals surface area contributed by atoms with E-state index in [1.165, 1.54) is 0 Å². The highest BCUT2D eigenvalue weighted by atomic mass is 16.6. The molecule has 13 heavy (non-hydrogen) atoms. The van der Waals surface area contributed by atoms with E-state index in [4.69, 9.17) is 11.2 Å². The van der Waals surface area contributed by atoms with Crippen LogP contribution in [0.5, 0.6) is 0 Å². The summed E-state index contributed by atoms with van der Waals surface area (Å²) in [6.07, 6.45) is 1.41. The largest absolute Gasteiger partial charge is 0.396 e. The Labute approximate surface area is 79.6 Å². The van der Waals surface area contributed by atoms with Crippen LogP contribution in [0.15, 0.2) is 30.3 Å². The molecule has 1 saturated heterocycles. The lowest BCUT2D eigenvalue weighted by atomic mass is 9.95. The predicted octanol–water partition coefficient (Wildman–Crippen LogP) is 1.68. The number of hydrogen-bond donors (Lipinski definition) is 1. The van der Waals surface area contributed by atoms with E-state index >= 15 is 0 Å². The van der Waals surface area contributed by atoms with Gasteiger partial charge in [0.25, 0.3) is 0 Å². The zero-order valence-corrected chi connectivity index (χ0v) is 7.44. The SMILES string of the molecule is [2H][C@@H]1O[C@]1(CCCO)c1ccccc1. The third kappa shape index (κ3) is 1.74. The molecule has 0 amide bonds. The molecular weight excluding hydrogens is 164 g/mol. The quantitative estimate of drug-likeness (QED) is 0.713. The molecule has 0 radical (unpaired) electrons. The lowest BCUT2D eigenvalue weighted by Gasteiger charge is -2.10. The molecule has 2 atom stereocenters. The van der Waals surface area contributed by atoms with E-state index in [-0.39, 0.29) is 6.61 Å². The third-order valence-electron chi connectivity index (χ3n) is 2.37. The topological polar surface area (TPSA) is 32.8 Å². The van der Waals surface area contributed by atoms with Crippen LogP contribution < -0.4 is 0 Å². The Morgan fingerprint density at radius 3 is 2.69 bits per heavy atom. The fourth-order valence-corrected chi connectivity index (χ4v) is 1.53. The van der Waals surface area contributed by atoms with Gasteiger partial charge in [-0.05, 0) is 18.4 Å². The molecular formula is C11H14O2. The van der Waals surface area contributed by atoms with Crippen molar-refractivity contribution < 1.29 is 11.2 Å². The van der Waals surface area contributed by atoms with Crippen molar-refractivity contribution in [1.82, 2.24) is 0 Å². The smallest absolute Gasteiger partial charge is 0.117 e. The van der Waals surface area contributed by atoms with E-state index in [2.05, 4.69) is 0 Å². The number of ether oxygens (including phenoxy) is 1. The number of hydrogen-bond acceptors (Lipinski definition) is 2. The van der Waals surface area contributed by atoms with Crippen LogP contribution in [0.3, 0.4) is 0 Å². The highest BCUT2D eigenvalue weighted by Gasteiger charge is 2.45. The second-order valence-corrected chi connectivity index (χ2v) is 3.32. The molecule has 2 heteroatoms. The van der Waals surface area contributed by atoms with Crippen molar-refractivity contribution in [3.05, 3.63) is 35.9 Å². The number of aliphatic hydroxyl groups excluding tert-OH is 1. The molecule has 2 rings (SSSR count). The standard InChI is InChI=1S/C11H14O2/c12-8-4-7-11(9-13-11)10-5-2-1-3-6-10/h1-3,5-6,12H,4,7-9H2/t11-/m0/s1/i9D/t9-,11-. The minimum atomic E-state index is -0.462.